The predicted octanol–water partition coefficient (Wildman–Crippen LogP) is 3.60. The highest BCUT2D eigenvalue weighted by atomic mass is 16.3. The van der Waals surface area contributed by atoms with E-state index in [0.29, 0.717) is 13.0 Å². The third-order valence-electron chi connectivity index (χ3n) is 5.01. The highest BCUT2D eigenvalue weighted by molar-refractivity contribution is 6.02. The Hall–Kier alpha value is -3.34. The van der Waals surface area contributed by atoms with Gasteiger partial charge in [-0.25, -0.2) is 0 Å². The Labute approximate surface area is 164 Å². The average molecular weight is 374 g/mol. The first-order valence-electron chi connectivity index (χ1n) is 9.50. The third-order valence-corrected chi connectivity index (χ3v) is 5.01. The van der Waals surface area contributed by atoms with Gasteiger partial charge in [0.25, 0.3) is 5.91 Å². The normalized spacial score (nSPS) is 14.2. The summed E-state index contributed by atoms with van der Waals surface area (Å²) in [6.07, 6.45) is 3.74. The van der Waals surface area contributed by atoms with Gasteiger partial charge in [0.1, 0.15) is 6.04 Å². The van der Waals surface area contributed by atoms with Gasteiger partial charge in [-0.2, -0.15) is 0 Å². The Morgan fingerprint density at radius 3 is 2.57 bits per heavy atom. The van der Waals surface area contributed by atoms with Gasteiger partial charge in [0.05, 0.1) is 6.26 Å². The van der Waals surface area contributed by atoms with Crippen LogP contribution in [0, 0.1) is 0 Å². The van der Waals surface area contributed by atoms with Crippen LogP contribution in [0.15, 0.2) is 77.4 Å². The molecule has 2 amide bonds. The quantitative estimate of drug-likeness (QED) is 0.742. The van der Waals surface area contributed by atoms with Crippen molar-refractivity contribution in [3.63, 3.8) is 0 Å². The molecule has 2 heterocycles. The predicted molar refractivity (Wildman–Crippen MR) is 107 cm³/mol. The summed E-state index contributed by atoms with van der Waals surface area (Å²) in [5, 5.41) is 2.87. The summed E-state index contributed by atoms with van der Waals surface area (Å²) < 4.78 is 5.19. The van der Waals surface area contributed by atoms with Crippen LogP contribution in [0.3, 0.4) is 0 Å². The largest absolute Gasteiger partial charge is 0.459 e. The summed E-state index contributed by atoms with van der Waals surface area (Å²) in [6, 6.07) is 20.3. The number of fused-ring (bicyclic) bond motifs is 1. The van der Waals surface area contributed by atoms with Crippen LogP contribution < -0.4 is 10.2 Å². The molecule has 5 heteroatoms. The fourth-order valence-electron chi connectivity index (χ4n) is 3.64. The molecule has 1 aromatic heterocycles. The molecule has 28 heavy (non-hydrogen) atoms. The number of carbonyl (C=O) groups excluding carboxylic acids is 2. The van der Waals surface area contributed by atoms with Crippen molar-refractivity contribution < 1.29 is 14.0 Å². The molecule has 1 N–H and O–H groups in total. The highest BCUT2D eigenvalue weighted by Crippen LogP contribution is 2.27. The zero-order valence-electron chi connectivity index (χ0n) is 15.5. The van der Waals surface area contributed by atoms with Gasteiger partial charge in [0.2, 0.25) is 5.91 Å². The van der Waals surface area contributed by atoms with E-state index < -0.39 is 6.04 Å². The number of rotatable bonds is 5. The van der Waals surface area contributed by atoms with Crippen LogP contribution in [-0.4, -0.2) is 24.4 Å². The molecule has 0 fully saturated rings. The van der Waals surface area contributed by atoms with Crippen LogP contribution in [0.2, 0.25) is 0 Å². The van der Waals surface area contributed by atoms with Gasteiger partial charge in [-0.1, -0.05) is 48.5 Å². The number of nitrogens with one attached hydrogen (secondary N) is 1. The van der Waals surface area contributed by atoms with Crippen molar-refractivity contribution in [1.29, 1.82) is 0 Å². The lowest BCUT2D eigenvalue weighted by atomic mass is 9.99. The van der Waals surface area contributed by atoms with Crippen molar-refractivity contribution in [1.82, 2.24) is 5.32 Å². The molecular formula is C23H22N2O3. The van der Waals surface area contributed by atoms with E-state index >= 15 is 0 Å². The van der Waals surface area contributed by atoms with E-state index in [1.807, 2.05) is 48.5 Å². The van der Waals surface area contributed by atoms with Crippen LogP contribution in [-0.2, 0) is 17.6 Å². The first-order chi connectivity index (χ1) is 13.7. The number of amides is 2. The third kappa shape index (κ3) is 3.83. The first-order valence-corrected chi connectivity index (χ1v) is 9.50. The minimum Gasteiger partial charge on any atom is -0.459 e. The molecule has 0 unspecified atom stereocenters. The molecule has 1 aliphatic rings. The zero-order valence-corrected chi connectivity index (χ0v) is 15.5. The Kier molecular flexibility index (Phi) is 5.24. The number of furan rings is 1. The van der Waals surface area contributed by atoms with Gasteiger partial charge >= 0.3 is 0 Å². The monoisotopic (exact) mass is 374 g/mol. The minimum atomic E-state index is -0.675. The maximum absolute atomic E-state index is 13.5. The summed E-state index contributed by atoms with van der Waals surface area (Å²) >= 11 is 0. The van der Waals surface area contributed by atoms with Crippen molar-refractivity contribution in [2.45, 2.75) is 25.3 Å². The van der Waals surface area contributed by atoms with Crippen molar-refractivity contribution in [2.75, 3.05) is 11.4 Å². The van der Waals surface area contributed by atoms with E-state index in [0.717, 1.165) is 29.7 Å². The van der Waals surface area contributed by atoms with Crippen molar-refractivity contribution >= 4 is 17.5 Å². The van der Waals surface area contributed by atoms with Gasteiger partial charge in [0.15, 0.2) is 5.76 Å². The van der Waals surface area contributed by atoms with Crippen molar-refractivity contribution in [2.24, 2.45) is 0 Å². The number of para-hydroxylation sites is 1. The Morgan fingerprint density at radius 2 is 1.79 bits per heavy atom. The number of hydrogen-bond donors (Lipinski definition) is 1. The van der Waals surface area contributed by atoms with E-state index in [-0.39, 0.29) is 17.6 Å². The lowest BCUT2D eigenvalue weighted by Crippen LogP contribution is -2.51. The lowest BCUT2D eigenvalue weighted by molar-refractivity contribution is -0.120. The van der Waals surface area contributed by atoms with Crippen molar-refractivity contribution in [3.8, 4) is 0 Å². The summed E-state index contributed by atoms with van der Waals surface area (Å²) in [4.78, 5) is 27.8. The number of aryl methyl sites for hydroxylation is 1. The van der Waals surface area contributed by atoms with E-state index in [1.54, 1.807) is 17.0 Å². The maximum atomic E-state index is 13.5. The van der Waals surface area contributed by atoms with Crippen molar-refractivity contribution in [3.05, 3.63) is 89.9 Å². The molecule has 0 bridgehead atoms. The van der Waals surface area contributed by atoms with Gasteiger partial charge in [-0.3, -0.25) is 9.59 Å². The van der Waals surface area contributed by atoms with Gasteiger partial charge in [0, 0.05) is 18.7 Å². The number of benzene rings is 2. The fourth-order valence-corrected chi connectivity index (χ4v) is 3.64. The minimum absolute atomic E-state index is 0.101. The van der Waals surface area contributed by atoms with E-state index in [9.17, 15) is 9.59 Å². The molecule has 0 radical (unpaired) electrons. The smallest absolute Gasteiger partial charge is 0.287 e. The summed E-state index contributed by atoms with van der Waals surface area (Å²) in [5.41, 5.74) is 3.09. The standard InChI is InChI=1S/C23H22N2O3/c26-22(21-13-7-15-28-21)24-19(16-17-8-2-1-3-9-17)23(27)25-14-6-11-18-10-4-5-12-20(18)25/h1-5,7-10,12-13,15,19H,6,11,14,16H2,(H,24,26)/t19-/m1/s1. The van der Waals surface area contributed by atoms with E-state index in [4.69, 9.17) is 4.42 Å². The second-order valence-electron chi connectivity index (χ2n) is 6.92. The number of nitrogens with zero attached hydrogens (tertiary/aromatic N) is 1. The molecule has 1 aliphatic heterocycles. The molecule has 0 aliphatic carbocycles. The van der Waals surface area contributed by atoms with Crippen LogP contribution >= 0.6 is 0 Å². The summed E-state index contributed by atoms with van der Waals surface area (Å²) in [5.74, 6) is -0.287. The number of anilines is 1. The number of carbonyl (C=O) groups is 2. The SMILES string of the molecule is O=C(N[C@H](Cc1ccccc1)C(=O)N1CCCc2ccccc21)c1ccco1. The lowest BCUT2D eigenvalue weighted by Gasteiger charge is -2.32. The second-order valence-corrected chi connectivity index (χ2v) is 6.92. The van der Waals surface area contributed by atoms with E-state index in [2.05, 4.69) is 11.4 Å². The molecule has 0 saturated heterocycles. The molecule has 0 saturated carbocycles. The maximum Gasteiger partial charge on any atom is 0.287 e. The molecule has 5 nitrogen and oxygen atoms in total. The summed E-state index contributed by atoms with van der Waals surface area (Å²) in [7, 11) is 0. The van der Waals surface area contributed by atoms with E-state index in [1.165, 1.54) is 6.26 Å². The molecule has 2 aromatic carbocycles. The van der Waals surface area contributed by atoms with Gasteiger partial charge < -0.3 is 14.6 Å². The van der Waals surface area contributed by atoms with Crippen LogP contribution in [0.4, 0.5) is 5.69 Å². The fraction of sp³-hybridized carbons (Fsp3) is 0.217. The molecular weight excluding hydrogens is 352 g/mol. The van der Waals surface area contributed by atoms with Crippen LogP contribution in [0.5, 0.6) is 0 Å². The molecule has 4 rings (SSSR count). The number of hydrogen-bond acceptors (Lipinski definition) is 3. The average Bonchev–Trinajstić information content (AvgIpc) is 3.28. The second kappa shape index (κ2) is 8.13. The van der Waals surface area contributed by atoms with Gasteiger partial charge in [-0.05, 0) is 42.2 Å². The molecule has 0 spiro atoms. The highest BCUT2D eigenvalue weighted by Gasteiger charge is 2.30. The van der Waals surface area contributed by atoms with Crippen LogP contribution in [0.1, 0.15) is 28.1 Å². The molecule has 142 valence electrons. The molecule has 1 atom stereocenters. The first kappa shape index (κ1) is 18.0. The summed E-state index contributed by atoms with van der Waals surface area (Å²) in [6.45, 7) is 0.651. The van der Waals surface area contributed by atoms with Gasteiger partial charge in [-0.15, -0.1) is 0 Å². The topological polar surface area (TPSA) is 62.6 Å². The zero-order chi connectivity index (χ0) is 19.3. The Bertz CT molecular complexity index is 951. The molecule has 3 aromatic rings. The Morgan fingerprint density at radius 1 is 1.00 bits per heavy atom. The van der Waals surface area contributed by atoms with Crippen LogP contribution in [0.25, 0.3) is 0 Å². The Balaban J connectivity index is 1.61.